The van der Waals surface area contributed by atoms with Crippen molar-refractivity contribution in [2.45, 2.75) is 120 Å². The predicted molar refractivity (Wildman–Crippen MR) is 194 cm³/mol. The van der Waals surface area contributed by atoms with E-state index < -0.39 is 11.9 Å². The van der Waals surface area contributed by atoms with Crippen LogP contribution in [0.3, 0.4) is 0 Å². The molecule has 280 valence electrons. The summed E-state index contributed by atoms with van der Waals surface area (Å²) < 4.78 is 1.44. The lowest BCUT2D eigenvalue weighted by Gasteiger charge is -2.18. The number of unbranched alkanes of at least 4 members (excludes halogenated alkanes) is 1. The summed E-state index contributed by atoms with van der Waals surface area (Å²) >= 11 is 0. The van der Waals surface area contributed by atoms with Gasteiger partial charge in [0.15, 0.2) is 0 Å². The average Bonchev–Trinajstić information content (AvgIpc) is 3.05. The van der Waals surface area contributed by atoms with Gasteiger partial charge in [0.2, 0.25) is 36.5 Å². The molecule has 13 nitrogen and oxygen atoms in total. The molecule has 1 rings (SSSR count). The minimum atomic E-state index is -0.620. The van der Waals surface area contributed by atoms with Crippen LogP contribution in [0.15, 0.2) is 24.5 Å². The van der Waals surface area contributed by atoms with E-state index in [9.17, 15) is 24.0 Å². The van der Waals surface area contributed by atoms with Gasteiger partial charge in [0, 0.05) is 42.5 Å². The van der Waals surface area contributed by atoms with Crippen LogP contribution in [0.2, 0.25) is 0 Å². The Morgan fingerprint density at radius 1 is 0.792 bits per heavy atom. The van der Waals surface area contributed by atoms with E-state index in [1.165, 1.54) is 31.1 Å². The molecule has 0 aliphatic rings. The SMILES string of the molecule is CC(C)C.CCC.CCCC.CCCC(NC(=O)CNC(=O)c1cc[n+](OC)cc1)C(=O)NCCNC(C)C.CCNC(=O)CNC=O. The highest BCUT2D eigenvalue weighted by atomic mass is 16.6. The number of carbonyl (C=O) groups is 5. The zero-order valence-electron chi connectivity index (χ0n) is 32.1. The fraction of sp³-hybridized carbons (Fsp3) is 0.714. The van der Waals surface area contributed by atoms with Gasteiger partial charge in [0.25, 0.3) is 5.91 Å². The quantitative estimate of drug-likeness (QED) is 0.0833. The average molecular weight is 685 g/mol. The zero-order chi connectivity index (χ0) is 37.8. The third-order valence-corrected chi connectivity index (χ3v) is 5.11. The van der Waals surface area contributed by atoms with Crippen LogP contribution >= 0.6 is 0 Å². The normalized spacial score (nSPS) is 10.0. The van der Waals surface area contributed by atoms with Crippen molar-refractivity contribution >= 4 is 30.0 Å². The van der Waals surface area contributed by atoms with Crippen molar-refractivity contribution in [1.82, 2.24) is 31.9 Å². The number of hydrogen-bond donors (Lipinski definition) is 6. The second-order valence-electron chi connectivity index (χ2n) is 11.5. The molecule has 1 unspecified atom stereocenters. The summed E-state index contributed by atoms with van der Waals surface area (Å²) in [5.41, 5.74) is 0.404. The van der Waals surface area contributed by atoms with Crippen molar-refractivity contribution in [2.75, 3.05) is 39.8 Å². The number of nitrogens with one attached hydrogen (secondary N) is 6. The lowest BCUT2D eigenvalue weighted by molar-refractivity contribution is -0.885. The molecule has 1 aromatic rings. The van der Waals surface area contributed by atoms with Gasteiger partial charge in [-0.15, -0.1) is 0 Å². The lowest BCUT2D eigenvalue weighted by Crippen LogP contribution is -2.50. The number of carbonyl (C=O) groups excluding carboxylic acids is 5. The van der Waals surface area contributed by atoms with Crippen LogP contribution < -0.4 is 41.5 Å². The summed E-state index contributed by atoms with van der Waals surface area (Å²) in [6.07, 6.45) is 8.84. The van der Waals surface area contributed by atoms with Gasteiger partial charge in [0.1, 0.15) is 13.2 Å². The Morgan fingerprint density at radius 2 is 1.33 bits per heavy atom. The largest absolute Gasteiger partial charge is 0.355 e. The van der Waals surface area contributed by atoms with Crippen LogP contribution in [0.1, 0.15) is 119 Å². The van der Waals surface area contributed by atoms with Crippen LogP contribution in [0.25, 0.3) is 0 Å². The molecule has 0 saturated carbocycles. The number of amides is 5. The van der Waals surface area contributed by atoms with Gasteiger partial charge in [-0.25, -0.2) is 0 Å². The summed E-state index contributed by atoms with van der Waals surface area (Å²) in [6.45, 7) is 24.5. The molecule has 13 heteroatoms. The smallest absolute Gasteiger partial charge is 0.252 e. The van der Waals surface area contributed by atoms with Crippen LogP contribution in [0, 0.1) is 5.92 Å². The molecule has 0 radical (unpaired) electrons. The minimum absolute atomic E-state index is 0.0668. The number of aromatic nitrogens is 1. The monoisotopic (exact) mass is 685 g/mol. The first-order valence-electron chi connectivity index (χ1n) is 17.3. The van der Waals surface area contributed by atoms with E-state index in [0.29, 0.717) is 44.1 Å². The van der Waals surface area contributed by atoms with Crippen LogP contribution in [-0.2, 0) is 19.2 Å². The molecule has 0 saturated heterocycles. The standard InChI is InChI=1S/C19H31N5O4.C5H10N2O2.2C4H10.C3H8/c1-5-6-16(19(27)21-10-9-20-14(2)3)23-17(25)13-22-18(26)15-7-11-24(28-4)12-8-15;1-2-7-5(9)3-6-4-8;1-4(2)3;1-3-4-2;1-3-2/h7-8,11-12,14,16,20H,5-6,9-10,13H2,1-4H3,(H2-,21,22,23,25,26,27);4H,2-3H2,1H3,(H,6,8)(H,7,9);4H,1-3H3;3-4H2,1-2H3;3H2,1-2H3/p+1. The Morgan fingerprint density at radius 3 is 1.75 bits per heavy atom. The molecule has 0 aromatic carbocycles. The van der Waals surface area contributed by atoms with Crippen molar-refractivity contribution in [1.29, 1.82) is 0 Å². The molecule has 48 heavy (non-hydrogen) atoms. The van der Waals surface area contributed by atoms with E-state index in [1.807, 2.05) is 27.7 Å². The predicted octanol–water partition coefficient (Wildman–Crippen LogP) is 2.91. The first-order chi connectivity index (χ1) is 22.7. The van der Waals surface area contributed by atoms with E-state index in [2.05, 4.69) is 80.4 Å². The molecular formula is C35H70N7O6+. The van der Waals surface area contributed by atoms with Crippen LogP contribution in [0.5, 0.6) is 0 Å². The Bertz CT molecular complexity index is 924. The highest BCUT2D eigenvalue weighted by Crippen LogP contribution is 1.98. The second-order valence-corrected chi connectivity index (χ2v) is 11.5. The van der Waals surface area contributed by atoms with Gasteiger partial charge in [0.05, 0.1) is 18.7 Å². The van der Waals surface area contributed by atoms with Crippen molar-refractivity contribution in [3.63, 3.8) is 0 Å². The highest BCUT2D eigenvalue weighted by molar-refractivity contribution is 5.96. The molecule has 0 fully saturated rings. The van der Waals surface area contributed by atoms with E-state index in [-0.39, 0.29) is 30.8 Å². The Hall–Kier alpha value is -3.74. The molecule has 0 aliphatic carbocycles. The molecule has 5 amide bonds. The van der Waals surface area contributed by atoms with Gasteiger partial charge < -0.3 is 31.9 Å². The second kappa shape index (κ2) is 37.7. The molecule has 1 aromatic heterocycles. The first-order valence-corrected chi connectivity index (χ1v) is 17.3. The van der Waals surface area contributed by atoms with Crippen molar-refractivity contribution in [3.05, 3.63) is 30.1 Å². The van der Waals surface area contributed by atoms with Gasteiger partial charge in [-0.2, -0.15) is 0 Å². The van der Waals surface area contributed by atoms with Crippen molar-refractivity contribution in [2.24, 2.45) is 5.92 Å². The maximum atomic E-state index is 12.3. The van der Waals surface area contributed by atoms with Crippen molar-refractivity contribution in [3.8, 4) is 0 Å². The summed E-state index contributed by atoms with van der Waals surface area (Å²) in [5, 5.41) is 16.0. The molecule has 0 aliphatic heterocycles. The highest BCUT2D eigenvalue weighted by Gasteiger charge is 2.20. The zero-order valence-corrected chi connectivity index (χ0v) is 32.1. The Kier molecular flexibility index (Phi) is 40.2. The van der Waals surface area contributed by atoms with E-state index in [1.54, 1.807) is 24.5 Å². The maximum absolute atomic E-state index is 12.3. The van der Waals surface area contributed by atoms with Crippen molar-refractivity contribution < 1.29 is 33.5 Å². The molecule has 1 atom stereocenters. The summed E-state index contributed by atoms with van der Waals surface area (Å²) in [5.74, 6) is -0.344. The number of rotatable bonds is 17. The number of nitrogens with zero attached hydrogens (tertiary/aromatic N) is 1. The molecule has 0 spiro atoms. The van der Waals surface area contributed by atoms with E-state index in [4.69, 9.17) is 4.84 Å². The fourth-order valence-electron chi connectivity index (χ4n) is 2.82. The van der Waals surface area contributed by atoms with Crippen LogP contribution in [0.4, 0.5) is 0 Å². The minimum Gasteiger partial charge on any atom is -0.355 e. The summed E-state index contributed by atoms with van der Waals surface area (Å²) in [7, 11) is 1.51. The fourth-order valence-corrected chi connectivity index (χ4v) is 2.82. The summed E-state index contributed by atoms with van der Waals surface area (Å²) in [6, 6.07) is 2.88. The van der Waals surface area contributed by atoms with Crippen LogP contribution in [-0.4, -0.2) is 82.0 Å². The van der Waals surface area contributed by atoms with E-state index in [0.717, 1.165) is 12.3 Å². The third kappa shape index (κ3) is 38.4. The topological polar surface area (TPSA) is 171 Å². The number of likely N-dealkylation sites (N-methyl/N-ethyl adjacent to an activating group) is 1. The van der Waals surface area contributed by atoms with Gasteiger partial charge >= 0.3 is 0 Å². The molecule has 1 heterocycles. The summed E-state index contributed by atoms with van der Waals surface area (Å²) in [4.78, 5) is 61.6. The van der Waals surface area contributed by atoms with Gasteiger partial charge in [-0.1, -0.05) is 94.9 Å². The number of pyridine rings is 1. The molecule has 0 bridgehead atoms. The number of hydrogen-bond acceptors (Lipinski definition) is 7. The Labute approximate surface area is 291 Å². The van der Waals surface area contributed by atoms with E-state index >= 15 is 0 Å². The molecule has 6 N–H and O–H groups in total. The van der Waals surface area contributed by atoms with Gasteiger partial charge in [-0.05, 0) is 19.3 Å². The molecular weight excluding hydrogens is 614 g/mol. The third-order valence-electron chi connectivity index (χ3n) is 5.11. The Balaban J connectivity index is -0.000000393. The first kappa shape index (κ1) is 51.1. The lowest BCUT2D eigenvalue weighted by atomic mass is 10.1. The maximum Gasteiger partial charge on any atom is 0.252 e. The van der Waals surface area contributed by atoms with Gasteiger partial charge in [-0.3, -0.25) is 28.8 Å².